The smallest absolute Gasteiger partial charge is 0.251 e. The van der Waals surface area contributed by atoms with Crippen LogP contribution in [0.25, 0.3) is 0 Å². The van der Waals surface area contributed by atoms with Crippen molar-refractivity contribution in [2.75, 3.05) is 0 Å². The number of carbonyl (C=O) groups excluding carboxylic acids is 1. The molecule has 0 atom stereocenters. The molecule has 0 aliphatic heterocycles. The van der Waals surface area contributed by atoms with Crippen molar-refractivity contribution in [2.24, 2.45) is 0 Å². The maximum Gasteiger partial charge on any atom is 0.251 e. The molecule has 0 spiro atoms. The van der Waals surface area contributed by atoms with Crippen molar-refractivity contribution in [1.29, 1.82) is 0 Å². The largest absolute Gasteiger partial charge is 0.348 e. The van der Waals surface area contributed by atoms with Gasteiger partial charge in [-0.1, -0.05) is 67.0 Å². The first-order valence-corrected chi connectivity index (χ1v) is 7.79. The molecule has 2 rings (SSSR count). The quantitative estimate of drug-likeness (QED) is 0.859. The van der Waals surface area contributed by atoms with Gasteiger partial charge in [0.05, 0.1) is 0 Å². The molecule has 3 heteroatoms. The molecule has 2 aromatic carbocycles. The normalized spacial score (nSPS) is 11.2. The van der Waals surface area contributed by atoms with Crippen LogP contribution in [0, 0.1) is 0 Å². The molecule has 21 heavy (non-hydrogen) atoms. The summed E-state index contributed by atoms with van der Waals surface area (Å²) in [6.45, 7) is 6.89. The van der Waals surface area contributed by atoms with E-state index >= 15 is 0 Å². The Morgan fingerprint density at radius 1 is 1.05 bits per heavy atom. The van der Waals surface area contributed by atoms with Crippen LogP contribution in [0.2, 0.25) is 0 Å². The molecule has 2 aromatic rings. The number of halogens is 1. The van der Waals surface area contributed by atoms with E-state index in [1.807, 2.05) is 48.5 Å². The van der Waals surface area contributed by atoms with E-state index < -0.39 is 0 Å². The third-order valence-corrected chi connectivity index (χ3v) is 3.87. The van der Waals surface area contributed by atoms with Crippen molar-refractivity contribution in [3.8, 4) is 0 Å². The zero-order valence-corrected chi connectivity index (χ0v) is 14.2. The Hall–Kier alpha value is -1.61. The first-order chi connectivity index (χ1) is 9.88. The van der Waals surface area contributed by atoms with Crippen LogP contribution >= 0.6 is 15.9 Å². The number of rotatable bonds is 3. The number of hydrogen-bond donors (Lipinski definition) is 1. The minimum Gasteiger partial charge on any atom is -0.348 e. The topological polar surface area (TPSA) is 29.1 Å². The lowest BCUT2D eigenvalue weighted by Gasteiger charge is -2.22. The van der Waals surface area contributed by atoms with Crippen molar-refractivity contribution < 1.29 is 4.79 Å². The predicted octanol–water partition coefficient (Wildman–Crippen LogP) is 4.68. The highest BCUT2D eigenvalue weighted by molar-refractivity contribution is 9.10. The summed E-state index contributed by atoms with van der Waals surface area (Å²) in [6.07, 6.45) is 0. The zero-order valence-electron chi connectivity index (χ0n) is 12.6. The van der Waals surface area contributed by atoms with Crippen LogP contribution in [0.5, 0.6) is 0 Å². The van der Waals surface area contributed by atoms with Gasteiger partial charge < -0.3 is 5.32 Å². The zero-order chi connectivity index (χ0) is 15.5. The van der Waals surface area contributed by atoms with Gasteiger partial charge in [0, 0.05) is 16.6 Å². The van der Waals surface area contributed by atoms with E-state index in [0.717, 1.165) is 21.2 Å². The number of hydrogen-bond acceptors (Lipinski definition) is 1. The maximum atomic E-state index is 12.4. The lowest BCUT2D eigenvalue weighted by Crippen LogP contribution is -2.26. The highest BCUT2D eigenvalue weighted by Gasteiger charge is 2.20. The van der Waals surface area contributed by atoms with Crippen LogP contribution in [0.3, 0.4) is 0 Å². The van der Waals surface area contributed by atoms with Crippen molar-refractivity contribution in [2.45, 2.75) is 32.7 Å². The molecule has 0 saturated heterocycles. The summed E-state index contributed by atoms with van der Waals surface area (Å²) in [5.74, 6) is -0.0246. The Morgan fingerprint density at radius 3 is 2.29 bits per heavy atom. The van der Waals surface area contributed by atoms with E-state index in [1.165, 1.54) is 0 Å². The van der Waals surface area contributed by atoms with Gasteiger partial charge >= 0.3 is 0 Å². The van der Waals surface area contributed by atoms with Crippen LogP contribution in [-0.4, -0.2) is 5.91 Å². The van der Waals surface area contributed by atoms with E-state index in [9.17, 15) is 4.79 Å². The molecule has 1 amide bonds. The molecule has 110 valence electrons. The van der Waals surface area contributed by atoms with Gasteiger partial charge in [-0.2, -0.15) is 0 Å². The van der Waals surface area contributed by atoms with Crippen molar-refractivity contribution in [1.82, 2.24) is 5.32 Å². The van der Waals surface area contributed by atoms with Gasteiger partial charge in [0.2, 0.25) is 0 Å². The second-order valence-corrected chi connectivity index (χ2v) is 7.02. The number of nitrogens with one attached hydrogen (secondary N) is 1. The molecule has 0 bridgehead atoms. The van der Waals surface area contributed by atoms with E-state index in [-0.39, 0.29) is 11.3 Å². The summed E-state index contributed by atoms with van der Waals surface area (Å²) < 4.78 is 1.04. The summed E-state index contributed by atoms with van der Waals surface area (Å²) >= 11 is 3.41. The summed E-state index contributed by atoms with van der Waals surface area (Å²) in [5, 5.41) is 2.99. The number of carbonyl (C=O) groups is 1. The fraction of sp³-hybridized carbons (Fsp3) is 0.278. The Labute approximate surface area is 134 Å². The summed E-state index contributed by atoms with van der Waals surface area (Å²) in [4.78, 5) is 12.4. The monoisotopic (exact) mass is 345 g/mol. The average molecular weight is 346 g/mol. The van der Waals surface area contributed by atoms with Crippen molar-refractivity contribution in [3.63, 3.8) is 0 Å². The molecule has 0 radical (unpaired) electrons. The van der Waals surface area contributed by atoms with Gasteiger partial charge in [-0.25, -0.2) is 0 Å². The predicted molar refractivity (Wildman–Crippen MR) is 90.5 cm³/mol. The summed E-state index contributed by atoms with van der Waals surface area (Å²) in [7, 11) is 0. The lowest BCUT2D eigenvalue weighted by molar-refractivity contribution is 0.0948. The molecule has 0 unspecified atom stereocenters. The molecule has 2 nitrogen and oxygen atoms in total. The van der Waals surface area contributed by atoms with Gasteiger partial charge in [0.15, 0.2) is 0 Å². The van der Waals surface area contributed by atoms with E-state index in [0.29, 0.717) is 6.54 Å². The number of benzene rings is 2. The number of amides is 1. The standard InChI is InChI=1S/C18H20BrNO/c1-18(2,3)16-7-5-4-6-15(16)17(21)20-12-13-8-10-14(19)11-9-13/h4-11H,12H2,1-3H3,(H,20,21). The van der Waals surface area contributed by atoms with Gasteiger partial charge in [0.1, 0.15) is 0 Å². The van der Waals surface area contributed by atoms with Crippen LogP contribution < -0.4 is 5.32 Å². The molecule has 0 heterocycles. The lowest BCUT2D eigenvalue weighted by atomic mass is 9.83. The fourth-order valence-electron chi connectivity index (χ4n) is 2.21. The van der Waals surface area contributed by atoms with Crippen molar-refractivity contribution in [3.05, 3.63) is 69.7 Å². The molecule has 0 aromatic heterocycles. The molecule has 0 saturated carbocycles. The van der Waals surface area contributed by atoms with E-state index in [4.69, 9.17) is 0 Å². The van der Waals surface area contributed by atoms with E-state index in [1.54, 1.807) is 0 Å². The Bertz CT molecular complexity index is 626. The highest BCUT2D eigenvalue weighted by atomic mass is 79.9. The maximum absolute atomic E-state index is 12.4. The van der Waals surface area contributed by atoms with Gasteiger partial charge in [0.25, 0.3) is 5.91 Å². The van der Waals surface area contributed by atoms with Gasteiger partial charge in [-0.15, -0.1) is 0 Å². The molecular formula is C18H20BrNO. The Balaban J connectivity index is 2.12. The van der Waals surface area contributed by atoms with Crippen LogP contribution in [0.15, 0.2) is 53.0 Å². The third kappa shape index (κ3) is 4.18. The SMILES string of the molecule is CC(C)(C)c1ccccc1C(=O)NCc1ccc(Br)cc1. The minimum absolute atomic E-state index is 0.0246. The first-order valence-electron chi connectivity index (χ1n) is 7.00. The molecule has 0 aliphatic rings. The molecule has 0 fully saturated rings. The fourth-order valence-corrected chi connectivity index (χ4v) is 2.48. The van der Waals surface area contributed by atoms with Crippen molar-refractivity contribution >= 4 is 21.8 Å². The molecular weight excluding hydrogens is 326 g/mol. The second-order valence-electron chi connectivity index (χ2n) is 6.10. The second kappa shape index (κ2) is 6.44. The molecule has 0 aliphatic carbocycles. The first kappa shape index (κ1) is 15.8. The Kier molecular flexibility index (Phi) is 4.84. The van der Waals surface area contributed by atoms with Gasteiger partial charge in [-0.3, -0.25) is 4.79 Å². The van der Waals surface area contributed by atoms with Crippen LogP contribution in [0.4, 0.5) is 0 Å². The summed E-state index contributed by atoms with van der Waals surface area (Å²) in [6, 6.07) is 15.7. The van der Waals surface area contributed by atoms with E-state index in [2.05, 4.69) is 42.0 Å². The van der Waals surface area contributed by atoms with Crippen LogP contribution in [-0.2, 0) is 12.0 Å². The Morgan fingerprint density at radius 2 is 1.67 bits per heavy atom. The highest BCUT2D eigenvalue weighted by Crippen LogP contribution is 2.25. The van der Waals surface area contributed by atoms with Crippen LogP contribution in [0.1, 0.15) is 42.3 Å². The molecule has 1 N–H and O–H groups in total. The third-order valence-electron chi connectivity index (χ3n) is 3.35. The summed E-state index contributed by atoms with van der Waals surface area (Å²) in [5.41, 5.74) is 2.85. The minimum atomic E-state index is -0.0501. The van der Waals surface area contributed by atoms with Gasteiger partial charge in [-0.05, 0) is 34.7 Å². The average Bonchev–Trinajstić information content (AvgIpc) is 2.45.